The maximum Gasteiger partial charge on any atom is 0.151 e. The third-order valence-electron chi connectivity index (χ3n) is 2.06. The fraction of sp³-hybridized carbons (Fsp3) is 0.400. The van der Waals surface area contributed by atoms with Crippen molar-refractivity contribution in [2.45, 2.75) is 6.92 Å². The molecule has 16 heavy (non-hydrogen) atoms. The molecule has 1 unspecified atom stereocenters. The van der Waals surface area contributed by atoms with Gasteiger partial charge in [0.15, 0.2) is 5.82 Å². The highest BCUT2D eigenvalue weighted by atomic mass is 32.2. The summed E-state index contributed by atoms with van der Waals surface area (Å²) in [5.41, 5.74) is 5.50. The summed E-state index contributed by atoms with van der Waals surface area (Å²) in [4.78, 5) is 0. The number of anilines is 2. The van der Waals surface area contributed by atoms with Gasteiger partial charge in [-0.3, -0.25) is 4.21 Å². The second-order valence-electron chi connectivity index (χ2n) is 3.21. The highest BCUT2D eigenvalue weighted by Gasteiger charge is 2.07. The number of benzene rings is 1. The molecule has 0 bridgehead atoms. The Hall–Kier alpha value is -1.17. The molecule has 6 heteroatoms. The SMILES string of the molecule is CCS(=O)CCNc1cc(F)cc(F)c1N. The summed E-state index contributed by atoms with van der Waals surface area (Å²) in [5, 5.41) is 2.76. The van der Waals surface area contributed by atoms with Crippen molar-refractivity contribution in [2.24, 2.45) is 0 Å². The lowest BCUT2D eigenvalue weighted by atomic mass is 10.2. The lowest BCUT2D eigenvalue weighted by molar-refractivity contribution is 0.587. The van der Waals surface area contributed by atoms with Gasteiger partial charge in [0.2, 0.25) is 0 Å². The van der Waals surface area contributed by atoms with Gasteiger partial charge in [-0.2, -0.15) is 0 Å². The summed E-state index contributed by atoms with van der Waals surface area (Å²) < 4.78 is 37.0. The summed E-state index contributed by atoms with van der Waals surface area (Å²) in [7, 11) is -0.909. The van der Waals surface area contributed by atoms with Crippen LogP contribution in [0.4, 0.5) is 20.2 Å². The number of nitrogens with two attached hydrogens (primary N) is 1. The van der Waals surface area contributed by atoms with Crippen LogP contribution in [0.3, 0.4) is 0 Å². The number of hydrogen-bond acceptors (Lipinski definition) is 3. The molecule has 0 aliphatic heterocycles. The molecule has 1 aromatic rings. The molecule has 0 amide bonds. The Kier molecular flexibility index (Phi) is 4.67. The van der Waals surface area contributed by atoms with E-state index in [0.29, 0.717) is 18.1 Å². The molecule has 0 fully saturated rings. The average Bonchev–Trinajstić information content (AvgIpc) is 2.24. The van der Waals surface area contributed by atoms with Crippen LogP contribution in [0.15, 0.2) is 12.1 Å². The molecule has 0 heterocycles. The third-order valence-corrected chi connectivity index (χ3v) is 3.36. The van der Waals surface area contributed by atoms with E-state index in [9.17, 15) is 13.0 Å². The predicted octanol–water partition coefficient (Wildman–Crippen LogP) is 1.73. The molecule has 0 radical (unpaired) electrons. The van der Waals surface area contributed by atoms with E-state index in [4.69, 9.17) is 5.73 Å². The third kappa shape index (κ3) is 3.44. The summed E-state index contributed by atoms with van der Waals surface area (Å²) in [6.07, 6.45) is 0. The van der Waals surface area contributed by atoms with Crippen LogP contribution in [0, 0.1) is 11.6 Å². The van der Waals surface area contributed by atoms with Crippen LogP contribution in [0.5, 0.6) is 0 Å². The molecule has 90 valence electrons. The molecule has 1 atom stereocenters. The normalized spacial score (nSPS) is 12.4. The van der Waals surface area contributed by atoms with Gasteiger partial charge in [-0.15, -0.1) is 0 Å². The molecular weight excluding hydrogens is 234 g/mol. The molecule has 0 aromatic heterocycles. The fourth-order valence-electron chi connectivity index (χ4n) is 1.17. The van der Waals surface area contributed by atoms with Crippen molar-refractivity contribution in [3.8, 4) is 0 Å². The van der Waals surface area contributed by atoms with Crippen molar-refractivity contribution in [1.82, 2.24) is 0 Å². The van der Waals surface area contributed by atoms with Crippen molar-refractivity contribution >= 4 is 22.2 Å². The minimum atomic E-state index is -0.909. The van der Waals surface area contributed by atoms with E-state index in [0.717, 1.165) is 12.1 Å². The standard InChI is InChI=1S/C10H14F2N2OS/c1-2-16(15)4-3-14-9-6-7(11)5-8(12)10(9)13/h5-6,14H,2-4,13H2,1H3. The fourth-order valence-corrected chi connectivity index (χ4v) is 1.79. The van der Waals surface area contributed by atoms with Crippen LogP contribution in [0.2, 0.25) is 0 Å². The first-order chi connectivity index (χ1) is 7.54. The van der Waals surface area contributed by atoms with Crippen LogP contribution >= 0.6 is 0 Å². The van der Waals surface area contributed by atoms with Gasteiger partial charge >= 0.3 is 0 Å². The van der Waals surface area contributed by atoms with E-state index >= 15 is 0 Å². The Morgan fingerprint density at radius 2 is 2.12 bits per heavy atom. The van der Waals surface area contributed by atoms with Crippen LogP contribution in [0.25, 0.3) is 0 Å². The summed E-state index contributed by atoms with van der Waals surface area (Å²) in [5.74, 6) is -0.493. The zero-order chi connectivity index (χ0) is 12.1. The van der Waals surface area contributed by atoms with Crippen LogP contribution in [-0.4, -0.2) is 22.3 Å². The maximum atomic E-state index is 13.0. The number of nitrogen functional groups attached to an aromatic ring is 1. The Morgan fingerprint density at radius 3 is 2.75 bits per heavy atom. The molecule has 1 aromatic carbocycles. The smallest absolute Gasteiger partial charge is 0.151 e. The Bertz CT molecular complexity index is 399. The minimum absolute atomic E-state index is 0.122. The monoisotopic (exact) mass is 248 g/mol. The van der Waals surface area contributed by atoms with E-state index in [1.807, 2.05) is 6.92 Å². The molecule has 0 saturated carbocycles. The lowest BCUT2D eigenvalue weighted by Crippen LogP contribution is -2.13. The van der Waals surface area contributed by atoms with Gasteiger partial charge < -0.3 is 11.1 Å². The van der Waals surface area contributed by atoms with Gasteiger partial charge in [0.1, 0.15) is 5.82 Å². The number of hydrogen-bond donors (Lipinski definition) is 2. The summed E-state index contributed by atoms with van der Waals surface area (Å²) in [6, 6.07) is 1.85. The zero-order valence-electron chi connectivity index (χ0n) is 8.93. The van der Waals surface area contributed by atoms with Gasteiger partial charge in [-0.25, -0.2) is 8.78 Å². The van der Waals surface area contributed by atoms with E-state index in [1.54, 1.807) is 0 Å². The Labute approximate surface area is 95.5 Å². The molecule has 0 saturated heterocycles. The molecule has 0 aliphatic carbocycles. The number of rotatable bonds is 5. The van der Waals surface area contributed by atoms with Crippen molar-refractivity contribution < 1.29 is 13.0 Å². The Balaban J connectivity index is 2.63. The number of halogens is 2. The summed E-state index contributed by atoms with van der Waals surface area (Å²) in [6.45, 7) is 2.18. The van der Waals surface area contributed by atoms with Crippen molar-refractivity contribution in [1.29, 1.82) is 0 Å². The van der Waals surface area contributed by atoms with Crippen LogP contribution in [-0.2, 0) is 10.8 Å². The van der Waals surface area contributed by atoms with Crippen molar-refractivity contribution in [3.63, 3.8) is 0 Å². The highest BCUT2D eigenvalue weighted by Crippen LogP contribution is 2.22. The Morgan fingerprint density at radius 1 is 1.44 bits per heavy atom. The highest BCUT2D eigenvalue weighted by molar-refractivity contribution is 7.84. The van der Waals surface area contributed by atoms with Gasteiger partial charge in [0.25, 0.3) is 0 Å². The first-order valence-electron chi connectivity index (χ1n) is 4.88. The van der Waals surface area contributed by atoms with Gasteiger partial charge in [0, 0.05) is 34.9 Å². The molecule has 3 N–H and O–H groups in total. The topological polar surface area (TPSA) is 55.1 Å². The second-order valence-corrected chi connectivity index (χ2v) is 5.07. The van der Waals surface area contributed by atoms with Gasteiger partial charge in [0.05, 0.1) is 11.4 Å². The summed E-state index contributed by atoms with van der Waals surface area (Å²) >= 11 is 0. The predicted molar refractivity (Wildman–Crippen MR) is 62.8 cm³/mol. The first kappa shape index (κ1) is 12.9. The molecule has 3 nitrogen and oxygen atoms in total. The molecule has 0 spiro atoms. The van der Waals surface area contributed by atoms with E-state index in [-0.39, 0.29) is 11.4 Å². The van der Waals surface area contributed by atoms with Crippen LogP contribution < -0.4 is 11.1 Å². The largest absolute Gasteiger partial charge is 0.395 e. The number of nitrogens with one attached hydrogen (secondary N) is 1. The van der Waals surface area contributed by atoms with Crippen molar-refractivity contribution in [3.05, 3.63) is 23.8 Å². The second kappa shape index (κ2) is 5.79. The maximum absolute atomic E-state index is 13.0. The van der Waals surface area contributed by atoms with E-state index < -0.39 is 22.4 Å². The minimum Gasteiger partial charge on any atom is -0.395 e. The van der Waals surface area contributed by atoms with E-state index in [2.05, 4.69) is 5.32 Å². The van der Waals surface area contributed by atoms with Crippen molar-refractivity contribution in [2.75, 3.05) is 29.1 Å². The average molecular weight is 248 g/mol. The first-order valence-corrected chi connectivity index (χ1v) is 6.36. The lowest BCUT2D eigenvalue weighted by Gasteiger charge is -2.09. The van der Waals surface area contributed by atoms with Gasteiger partial charge in [-0.1, -0.05) is 6.92 Å². The molecular formula is C10H14F2N2OS. The molecule has 1 rings (SSSR count). The quantitative estimate of drug-likeness (QED) is 0.780. The zero-order valence-corrected chi connectivity index (χ0v) is 9.74. The molecule has 0 aliphatic rings. The van der Waals surface area contributed by atoms with Crippen LogP contribution in [0.1, 0.15) is 6.92 Å². The van der Waals surface area contributed by atoms with E-state index in [1.165, 1.54) is 0 Å². The van der Waals surface area contributed by atoms with Gasteiger partial charge in [-0.05, 0) is 6.07 Å².